The third-order valence-electron chi connectivity index (χ3n) is 2.78. The molecule has 1 amide bonds. The fraction of sp³-hybridized carbons (Fsp3) is 0.429. The Labute approximate surface area is 122 Å². The summed E-state index contributed by atoms with van der Waals surface area (Å²) in [5.41, 5.74) is 0.902. The zero-order valence-electron chi connectivity index (χ0n) is 11.9. The maximum atomic E-state index is 12.3. The van der Waals surface area contributed by atoms with E-state index in [4.69, 9.17) is 9.84 Å². The Morgan fingerprint density at radius 1 is 1.50 bits per heavy atom. The molecule has 0 fully saturated rings. The molecule has 0 saturated heterocycles. The molecule has 6 heteroatoms. The highest BCUT2D eigenvalue weighted by molar-refractivity contribution is 7.15. The van der Waals surface area contributed by atoms with Crippen molar-refractivity contribution >= 4 is 29.3 Å². The number of aryl methyl sites for hydroxylation is 1. The number of rotatable bonds is 7. The van der Waals surface area contributed by atoms with Crippen LogP contribution in [0.1, 0.15) is 27.0 Å². The van der Waals surface area contributed by atoms with Crippen LogP contribution < -0.4 is 0 Å². The third-order valence-corrected chi connectivity index (χ3v) is 3.97. The van der Waals surface area contributed by atoms with Gasteiger partial charge in [0.15, 0.2) is 0 Å². The summed E-state index contributed by atoms with van der Waals surface area (Å²) < 4.78 is 4.99. The molecule has 0 aromatic carbocycles. The highest BCUT2D eigenvalue weighted by Crippen LogP contribution is 2.24. The van der Waals surface area contributed by atoms with Crippen molar-refractivity contribution in [2.45, 2.75) is 13.8 Å². The number of carboxylic acids is 1. The second kappa shape index (κ2) is 7.81. The first-order valence-corrected chi connectivity index (χ1v) is 7.10. The number of hydrogen-bond acceptors (Lipinski definition) is 4. The maximum absolute atomic E-state index is 12.3. The number of carbonyl (C=O) groups excluding carboxylic acids is 1. The van der Waals surface area contributed by atoms with E-state index in [1.54, 1.807) is 18.1 Å². The van der Waals surface area contributed by atoms with Gasteiger partial charge in [0.2, 0.25) is 0 Å². The zero-order chi connectivity index (χ0) is 15.1. The van der Waals surface area contributed by atoms with E-state index < -0.39 is 5.97 Å². The lowest BCUT2D eigenvalue weighted by atomic mass is 10.2. The van der Waals surface area contributed by atoms with Crippen molar-refractivity contribution < 1.29 is 19.4 Å². The fourth-order valence-electron chi connectivity index (χ4n) is 1.67. The van der Waals surface area contributed by atoms with Gasteiger partial charge in [0.25, 0.3) is 5.91 Å². The summed E-state index contributed by atoms with van der Waals surface area (Å²) >= 11 is 1.30. The van der Waals surface area contributed by atoms with Gasteiger partial charge in [0.1, 0.15) is 0 Å². The molecule has 0 aliphatic rings. The summed E-state index contributed by atoms with van der Waals surface area (Å²) in [5.74, 6) is -1.05. The van der Waals surface area contributed by atoms with E-state index in [2.05, 4.69) is 0 Å². The molecule has 0 aliphatic heterocycles. The van der Waals surface area contributed by atoms with Crippen LogP contribution in [0, 0.1) is 6.92 Å². The van der Waals surface area contributed by atoms with Gasteiger partial charge in [-0.15, -0.1) is 11.3 Å². The van der Waals surface area contributed by atoms with Gasteiger partial charge in [0, 0.05) is 31.2 Å². The van der Waals surface area contributed by atoms with Crippen molar-refractivity contribution in [2.24, 2.45) is 0 Å². The Balaban J connectivity index is 2.88. The summed E-state index contributed by atoms with van der Waals surface area (Å²) in [6, 6.07) is 1.80. The second-order valence-electron chi connectivity index (χ2n) is 4.21. The zero-order valence-corrected chi connectivity index (χ0v) is 12.7. The molecule has 0 atom stereocenters. The van der Waals surface area contributed by atoms with Crippen molar-refractivity contribution in [1.29, 1.82) is 0 Å². The average Bonchev–Trinajstić information content (AvgIpc) is 2.78. The Morgan fingerprint density at radius 2 is 2.20 bits per heavy atom. The molecule has 20 heavy (non-hydrogen) atoms. The number of nitrogens with zero attached hydrogens (tertiary/aromatic N) is 1. The second-order valence-corrected chi connectivity index (χ2v) is 5.29. The molecule has 0 saturated carbocycles. The van der Waals surface area contributed by atoms with E-state index >= 15 is 0 Å². The molecule has 1 aromatic heterocycles. The molecule has 0 radical (unpaired) electrons. The smallest absolute Gasteiger partial charge is 0.328 e. The topological polar surface area (TPSA) is 66.8 Å². The van der Waals surface area contributed by atoms with Crippen LogP contribution in [0.15, 0.2) is 12.1 Å². The van der Waals surface area contributed by atoms with Gasteiger partial charge in [-0.3, -0.25) is 4.79 Å². The number of hydrogen-bond donors (Lipinski definition) is 1. The Morgan fingerprint density at radius 3 is 2.75 bits per heavy atom. The van der Waals surface area contributed by atoms with Gasteiger partial charge in [-0.2, -0.15) is 0 Å². The summed E-state index contributed by atoms with van der Waals surface area (Å²) in [4.78, 5) is 26.0. The molecule has 1 rings (SSSR count). The number of amides is 1. The van der Waals surface area contributed by atoms with Crippen LogP contribution >= 0.6 is 11.3 Å². The highest BCUT2D eigenvalue weighted by atomic mass is 32.1. The summed E-state index contributed by atoms with van der Waals surface area (Å²) in [5, 5.41) is 8.63. The number of ether oxygens (including phenoxy) is 1. The van der Waals surface area contributed by atoms with Gasteiger partial charge in [0.05, 0.1) is 11.5 Å². The molecule has 1 N–H and O–H groups in total. The predicted octanol–water partition coefficient (Wildman–Crippen LogP) is 2.26. The van der Waals surface area contributed by atoms with E-state index in [0.717, 1.165) is 16.5 Å². The normalized spacial score (nSPS) is 10.9. The minimum absolute atomic E-state index is 0.0485. The number of methoxy groups -OCH3 is 1. The molecule has 1 heterocycles. The van der Waals surface area contributed by atoms with E-state index in [-0.39, 0.29) is 5.91 Å². The monoisotopic (exact) mass is 297 g/mol. The van der Waals surface area contributed by atoms with E-state index in [0.29, 0.717) is 24.6 Å². The summed E-state index contributed by atoms with van der Waals surface area (Å²) in [6.07, 6.45) is 2.60. The Hall–Kier alpha value is -1.66. The van der Waals surface area contributed by atoms with E-state index in [9.17, 15) is 9.59 Å². The first kappa shape index (κ1) is 16.4. The number of carboxylic acid groups (broad SMARTS) is 1. The van der Waals surface area contributed by atoms with Crippen LogP contribution in [0.5, 0.6) is 0 Å². The lowest BCUT2D eigenvalue weighted by molar-refractivity contribution is -0.131. The van der Waals surface area contributed by atoms with Gasteiger partial charge in [-0.1, -0.05) is 0 Å². The van der Waals surface area contributed by atoms with Crippen LogP contribution in [0.2, 0.25) is 0 Å². The quantitative estimate of drug-likeness (QED) is 0.784. The van der Waals surface area contributed by atoms with E-state index in [1.165, 1.54) is 17.4 Å². The van der Waals surface area contributed by atoms with Crippen LogP contribution in [-0.2, 0) is 9.53 Å². The van der Waals surface area contributed by atoms with Crippen molar-refractivity contribution in [3.05, 3.63) is 27.5 Å². The molecule has 110 valence electrons. The molecule has 0 unspecified atom stereocenters. The van der Waals surface area contributed by atoms with Crippen molar-refractivity contribution in [2.75, 3.05) is 26.8 Å². The van der Waals surface area contributed by atoms with Crippen molar-refractivity contribution in [3.8, 4) is 0 Å². The molecular formula is C14H19NO4S. The van der Waals surface area contributed by atoms with E-state index in [1.807, 2.05) is 13.8 Å². The fourth-order valence-corrected chi connectivity index (χ4v) is 2.72. The van der Waals surface area contributed by atoms with Gasteiger partial charge >= 0.3 is 5.97 Å². The van der Waals surface area contributed by atoms with Crippen molar-refractivity contribution in [3.63, 3.8) is 0 Å². The van der Waals surface area contributed by atoms with Crippen molar-refractivity contribution in [1.82, 2.24) is 4.90 Å². The molecule has 0 spiro atoms. The lowest BCUT2D eigenvalue weighted by Crippen LogP contribution is -2.33. The van der Waals surface area contributed by atoms with Crippen LogP contribution in [0.4, 0.5) is 0 Å². The lowest BCUT2D eigenvalue weighted by Gasteiger charge is -2.19. The largest absolute Gasteiger partial charge is 0.478 e. The number of thiophene rings is 1. The number of likely N-dealkylation sites (N-methyl/N-ethyl adjacent to an activating group) is 1. The predicted molar refractivity (Wildman–Crippen MR) is 79.2 cm³/mol. The Kier molecular flexibility index (Phi) is 6.41. The van der Waals surface area contributed by atoms with Crippen LogP contribution in [-0.4, -0.2) is 48.7 Å². The maximum Gasteiger partial charge on any atom is 0.328 e. The summed E-state index contributed by atoms with van der Waals surface area (Å²) in [6.45, 7) is 5.43. The molecule has 5 nitrogen and oxygen atoms in total. The SMILES string of the molecule is CCN(CCOC)C(=O)c1cc(C)c(/C=C/C(=O)O)s1. The first-order chi connectivity index (χ1) is 9.49. The highest BCUT2D eigenvalue weighted by Gasteiger charge is 2.17. The Bertz CT molecular complexity index is 507. The molecule has 1 aromatic rings. The van der Waals surface area contributed by atoms with Crippen LogP contribution in [0.25, 0.3) is 6.08 Å². The number of carbonyl (C=O) groups is 2. The molecular weight excluding hydrogens is 278 g/mol. The van der Waals surface area contributed by atoms with Gasteiger partial charge in [-0.25, -0.2) is 4.79 Å². The molecule has 0 bridgehead atoms. The van der Waals surface area contributed by atoms with Gasteiger partial charge < -0.3 is 14.7 Å². The van der Waals surface area contributed by atoms with Gasteiger partial charge in [-0.05, 0) is 31.6 Å². The molecule has 0 aliphatic carbocycles. The standard InChI is InChI=1S/C14H19NO4S/c1-4-15(7-8-19-3)14(18)12-9-10(2)11(20-12)5-6-13(16)17/h5-6,9H,4,7-8H2,1-3H3,(H,16,17)/b6-5+. The third kappa shape index (κ3) is 4.47. The van der Waals surface area contributed by atoms with Crippen LogP contribution in [0.3, 0.4) is 0 Å². The minimum atomic E-state index is -0.999. The summed E-state index contributed by atoms with van der Waals surface area (Å²) in [7, 11) is 1.60. The average molecular weight is 297 g/mol. The first-order valence-electron chi connectivity index (χ1n) is 6.29. The number of aliphatic carboxylic acids is 1. The minimum Gasteiger partial charge on any atom is -0.478 e.